The SMILES string of the molecule is CC(C)CN(CCOc1cccc(N)c1)C1CCCC1. The molecule has 2 N–H and O–H groups in total. The van der Waals surface area contributed by atoms with Crippen molar-refractivity contribution >= 4 is 5.69 Å². The Labute approximate surface area is 123 Å². The lowest BCUT2D eigenvalue weighted by molar-refractivity contribution is 0.145. The van der Waals surface area contributed by atoms with Gasteiger partial charge in [0, 0.05) is 30.9 Å². The van der Waals surface area contributed by atoms with Gasteiger partial charge in [-0.05, 0) is 30.9 Å². The summed E-state index contributed by atoms with van der Waals surface area (Å²) in [4.78, 5) is 2.62. The van der Waals surface area contributed by atoms with E-state index in [2.05, 4.69) is 18.7 Å². The third-order valence-electron chi connectivity index (χ3n) is 3.95. The molecule has 0 unspecified atom stereocenters. The molecule has 0 amide bonds. The zero-order chi connectivity index (χ0) is 14.4. The first-order valence-electron chi connectivity index (χ1n) is 7.87. The summed E-state index contributed by atoms with van der Waals surface area (Å²) in [6, 6.07) is 8.45. The van der Waals surface area contributed by atoms with Crippen LogP contribution in [0, 0.1) is 5.92 Å². The van der Waals surface area contributed by atoms with Crippen LogP contribution in [0.5, 0.6) is 5.75 Å². The van der Waals surface area contributed by atoms with Crippen LogP contribution in [0.1, 0.15) is 39.5 Å². The second-order valence-corrected chi connectivity index (χ2v) is 6.25. The molecule has 0 heterocycles. The number of nitrogens with zero attached hydrogens (tertiary/aromatic N) is 1. The molecule has 0 radical (unpaired) electrons. The standard InChI is InChI=1S/C17H28N2O/c1-14(2)13-19(16-7-3-4-8-16)10-11-20-17-9-5-6-15(18)12-17/h5-6,9,12,14,16H,3-4,7-8,10-11,13,18H2,1-2H3. The Kier molecular flexibility index (Phi) is 5.72. The van der Waals surface area contributed by atoms with Gasteiger partial charge in [-0.25, -0.2) is 0 Å². The number of hydrogen-bond donors (Lipinski definition) is 1. The molecular weight excluding hydrogens is 248 g/mol. The molecule has 20 heavy (non-hydrogen) atoms. The molecule has 1 aromatic carbocycles. The number of rotatable bonds is 7. The van der Waals surface area contributed by atoms with Gasteiger partial charge in [-0.15, -0.1) is 0 Å². The summed E-state index contributed by atoms with van der Waals surface area (Å²) in [7, 11) is 0. The number of ether oxygens (including phenoxy) is 1. The Balaban J connectivity index is 1.81. The molecule has 3 heteroatoms. The van der Waals surface area contributed by atoms with E-state index in [1.807, 2.05) is 24.3 Å². The largest absolute Gasteiger partial charge is 0.492 e. The maximum Gasteiger partial charge on any atom is 0.121 e. The highest BCUT2D eigenvalue weighted by Gasteiger charge is 2.22. The molecule has 112 valence electrons. The van der Waals surface area contributed by atoms with Crippen LogP contribution in [-0.2, 0) is 0 Å². The van der Waals surface area contributed by atoms with Crippen LogP contribution in [-0.4, -0.2) is 30.6 Å². The smallest absolute Gasteiger partial charge is 0.121 e. The van der Waals surface area contributed by atoms with Gasteiger partial charge in [0.15, 0.2) is 0 Å². The first-order chi connectivity index (χ1) is 9.65. The minimum atomic E-state index is 0.711. The van der Waals surface area contributed by atoms with Crippen LogP contribution in [0.4, 0.5) is 5.69 Å². The van der Waals surface area contributed by atoms with Crippen molar-refractivity contribution in [2.75, 3.05) is 25.4 Å². The predicted molar refractivity (Wildman–Crippen MR) is 85.0 cm³/mol. The van der Waals surface area contributed by atoms with Crippen molar-refractivity contribution in [1.29, 1.82) is 0 Å². The second kappa shape index (κ2) is 7.53. The number of nitrogen functional groups attached to an aromatic ring is 1. The quantitative estimate of drug-likeness (QED) is 0.774. The van der Waals surface area contributed by atoms with Crippen molar-refractivity contribution in [1.82, 2.24) is 4.90 Å². The van der Waals surface area contributed by atoms with Gasteiger partial charge < -0.3 is 10.5 Å². The van der Waals surface area contributed by atoms with Crippen molar-refractivity contribution in [3.63, 3.8) is 0 Å². The van der Waals surface area contributed by atoms with E-state index >= 15 is 0 Å². The first kappa shape index (κ1) is 15.2. The van der Waals surface area contributed by atoms with E-state index < -0.39 is 0 Å². The van der Waals surface area contributed by atoms with E-state index in [0.29, 0.717) is 5.92 Å². The van der Waals surface area contributed by atoms with Crippen LogP contribution in [0.15, 0.2) is 24.3 Å². The molecule has 0 bridgehead atoms. The van der Waals surface area contributed by atoms with Gasteiger partial charge in [0.2, 0.25) is 0 Å². The van der Waals surface area contributed by atoms with Gasteiger partial charge in [-0.3, -0.25) is 4.90 Å². The normalized spacial score (nSPS) is 16.2. The molecule has 0 saturated heterocycles. The van der Waals surface area contributed by atoms with Crippen molar-refractivity contribution in [3.05, 3.63) is 24.3 Å². The highest BCUT2D eigenvalue weighted by molar-refractivity contribution is 5.43. The summed E-state index contributed by atoms with van der Waals surface area (Å²) in [5, 5.41) is 0. The van der Waals surface area contributed by atoms with Gasteiger partial charge in [0.05, 0.1) is 0 Å². The molecule has 3 nitrogen and oxygen atoms in total. The van der Waals surface area contributed by atoms with Crippen LogP contribution in [0.3, 0.4) is 0 Å². The molecule has 1 aliphatic rings. The topological polar surface area (TPSA) is 38.5 Å². The number of hydrogen-bond acceptors (Lipinski definition) is 3. The first-order valence-corrected chi connectivity index (χ1v) is 7.87. The average Bonchev–Trinajstić information content (AvgIpc) is 2.91. The van der Waals surface area contributed by atoms with Gasteiger partial charge in [-0.2, -0.15) is 0 Å². The summed E-state index contributed by atoms with van der Waals surface area (Å²) >= 11 is 0. The van der Waals surface area contributed by atoms with Crippen molar-refractivity contribution in [2.24, 2.45) is 5.92 Å². The Bertz CT molecular complexity index is 400. The summed E-state index contributed by atoms with van der Waals surface area (Å²) in [5.41, 5.74) is 6.53. The molecular formula is C17H28N2O. The Morgan fingerprint density at radius 2 is 2.05 bits per heavy atom. The van der Waals surface area contributed by atoms with Crippen molar-refractivity contribution < 1.29 is 4.74 Å². The van der Waals surface area contributed by atoms with E-state index in [1.165, 1.54) is 32.2 Å². The van der Waals surface area contributed by atoms with Crippen LogP contribution >= 0.6 is 0 Å². The van der Waals surface area contributed by atoms with Crippen LogP contribution in [0.25, 0.3) is 0 Å². The maximum absolute atomic E-state index is 5.84. The molecule has 1 aliphatic carbocycles. The molecule has 0 aliphatic heterocycles. The van der Waals surface area contributed by atoms with Crippen molar-refractivity contribution in [3.8, 4) is 5.75 Å². The Morgan fingerprint density at radius 1 is 1.30 bits per heavy atom. The number of anilines is 1. The molecule has 0 spiro atoms. The number of benzene rings is 1. The molecule has 2 rings (SSSR count). The number of nitrogens with two attached hydrogens (primary N) is 1. The zero-order valence-electron chi connectivity index (χ0n) is 12.8. The van der Waals surface area contributed by atoms with Gasteiger partial charge >= 0.3 is 0 Å². The minimum absolute atomic E-state index is 0.711. The molecule has 1 fully saturated rings. The van der Waals surface area contributed by atoms with Crippen molar-refractivity contribution in [2.45, 2.75) is 45.6 Å². The lowest BCUT2D eigenvalue weighted by Gasteiger charge is -2.30. The lowest BCUT2D eigenvalue weighted by atomic mass is 10.1. The summed E-state index contributed by atoms with van der Waals surface area (Å²) in [6.45, 7) is 7.51. The Hall–Kier alpha value is -1.22. The molecule has 1 saturated carbocycles. The minimum Gasteiger partial charge on any atom is -0.492 e. The summed E-state index contributed by atoms with van der Waals surface area (Å²) in [6.07, 6.45) is 5.47. The molecule has 1 aromatic rings. The van der Waals surface area contributed by atoms with Crippen LogP contribution in [0.2, 0.25) is 0 Å². The fourth-order valence-electron chi connectivity index (χ4n) is 3.05. The van der Waals surface area contributed by atoms with E-state index in [-0.39, 0.29) is 0 Å². The highest BCUT2D eigenvalue weighted by atomic mass is 16.5. The summed E-state index contributed by atoms with van der Waals surface area (Å²) < 4.78 is 5.84. The second-order valence-electron chi connectivity index (χ2n) is 6.25. The fraction of sp³-hybridized carbons (Fsp3) is 0.647. The Morgan fingerprint density at radius 3 is 2.70 bits per heavy atom. The van der Waals surface area contributed by atoms with E-state index in [1.54, 1.807) is 0 Å². The fourth-order valence-corrected chi connectivity index (χ4v) is 3.05. The van der Waals surface area contributed by atoms with Gasteiger partial charge in [0.25, 0.3) is 0 Å². The molecule has 0 atom stereocenters. The monoisotopic (exact) mass is 276 g/mol. The maximum atomic E-state index is 5.84. The van der Waals surface area contributed by atoms with Gasteiger partial charge in [-0.1, -0.05) is 32.8 Å². The predicted octanol–water partition coefficient (Wildman–Crippen LogP) is 3.55. The average molecular weight is 276 g/mol. The zero-order valence-corrected chi connectivity index (χ0v) is 12.8. The highest BCUT2D eigenvalue weighted by Crippen LogP contribution is 2.24. The lowest BCUT2D eigenvalue weighted by Crippen LogP contribution is -2.39. The van der Waals surface area contributed by atoms with E-state index in [0.717, 1.165) is 30.6 Å². The van der Waals surface area contributed by atoms with E-state index in [9.17, 15) is 0 Å². The third-order valence-corrected chi connectivity index (χ3v) is 3.95. The third kappa shape index (κ3) is 4.71. The van der Waals surface area contributed by atoms with Crippen LogP contribution < -0.4 is 10.5 Å². The summed E-state index contributed by atoms with van der Waals surface area (Å²) in [5.74, 6) is 1.59. The van der Waals surface area contributed by atoms with E-state index in [4.69, 9.17) is 10.5 Å². The molecule has 0 aromatic heterocycles. The van der Waals surface area contributed by atoms with Gasteiger partial charge in [0.1, 0.15) is 12.4 Å².